The molecule has 1 amide bonds. The molecule has 0 unspecified atom stereocenters. The van der Waals surface area contributed by atoms with Gasteiger partial charge < -0.3 is 14.0 Å². The zero-order valence-electron chi connectivity index (χ0n) is 14.4. The summed E-state index contributed by atoms with van der Waals surface area (Å²) in [7, 11) is 3.17. The van der Waals surface area contributed by atoms with Crippen molar-refractivity contribution in [3.05, 3.63) is 50.7 Å². The highest BCUT2D eigenvalue weighted by atomic mass is 35.5. The Bertz CT molecular complexity index is 1060. The maximum Gasteiger partial charge on any atom is 0.281 e. The molecule has 136 valence electrons. The predicted molar refractivity (Wildman–Crippen MR) is 105 cm³/mol. The van der Waals surface area contributed by atoms with Crippen molar-refractivity contribution in [3.63, 3.8) is 0 Å². The van der Waals surface area contributed by atoms with Gasteiger partial charge in [0.1, 0.15) is 0 Å². The average Bonchev–Trinajstić information content (AvgIpc) is 2.95. The van der Waals surface area contributed by atoms with E-state index < -0.39 is 5.91 Å². The fraction of sp³-hybridized carbons (Fsp3) is 0.222. The summed E-state index contributed by atoms with van der Waals surface area (Å²) in [6.45, 7) is 2.64. The molecule has 0 radical (unpaired) electrons. The third-order valence-corrected chi connectivity index (χ3v) is 5.45. The highest BCUT2D eigenvalue weighted by molar-refractivity contribution is 7.16. The number of nitrogens with zero attached hydrogens (tertiary/aromatic N) is 2. The molecule has 8 heteroatoms. The molecular formula is C18H16Cl2N2O3S. The number of rotatable bonds is 4. The van der Waals surface area contributed by atoms with Gasteiger partial charge in [-0.05, 0) is 25.1 Å². The molecule has 0 bridgehead atoms. The van der Waals surface area contributed by atoms with Gasteiger partial charge in [0.05, 0.1) is 35.0 Å². The van der Waals surface area contributed by atoms with Crippen LogP contribution in [0.2, 0.25) is 10.0 Å². The minimum atomic E-state index is -0.417. The molecule has 0 saturated heterocycles. The Labute approximate surface area is 164 Å². The predicted octanol–water partition coefficient (Wildman–Crippen LogP) is 4.79. The molecule has 0 saturated carbocycles. The molecule has 5 nitrogen and oxygen atoms in total. The average molecular weight is 411 g/mol. The summed E-state index contributed by atoms with van der Waals surface area (Å²) in [6, 6.07) is 8.48. The Morgan fingerprint density at radius 2 is 1.85 bits per heavy atom. The van der Waals surface area contributed by atoms with E-state index in [-0.39, 0.29) is 5.02 Å². The van der Waals surface area contributed by atoms with Crippen LogP contribution in [-0.4, -0.2) is 24.7 Å². The normalized spacial score (nSPS) is 11.8. The van der Waals surface area contributed by atoms with Gasteiger partial charge in [0.25, 0.3) is 5.91 Å². The van der Waals surface area contributed by atoms with E-state index in [1.54, 1.807) is 26.4 Å². The number of aromatic nitrogens is 1. The van der Waals surface area contributed by atoms with Crippen molar-refractivity contribution >= 4 is 50.7 Å². The van der Waals surface area contributed by atoms with Crippen LogP contribution in [0.3, 0.4) is 0 Å². The number of carbonyl (C=O) groups is 1. The van der Waals surface area contributed by atoms with Crippen LogP contribution in [0.25, 0.3) is 10.2 Å². The summed E-state index contributed by atoms with van der Waals surface area (Å²) in [5.41, 5.74) is 1.23. The molecule has 0 aliphatic rings. The van der Waals surface area contributed by atoms with E-state index in [0.717, 1.165) is 10.2 Å². The smallest absolute Gasteiger partial charge is 0.281 e. The zero-order valence-corrected chi connectivity index (χ0v) is 16.7. The number of amides is 1. The number of halogens is 2. The second-order valence-corrected chi connectivity index (χ2v) is 7.20. The van der Waals surface area contributed by atoms with E-state index in [4.69, 9.17) is 32.7 Å². The SMILES string of the molecule is CCn1c(=NC(=O)c2ccc(Cl)cc2Cl)sc2cc(OC)c(OC)cc21. The first-order chi connectivity index (χ1) is 12.5. The van der Waals surface area contributed by atoms with Gasteiger partial charge >= 0.3 is 0 Å². The Kier molecular flexibility index (Phi) is 5.55. The number of aryl methyl sites for hydroxylation is 1. The van der Waals surface area contributed by atoms with Crippen LogP contribution >= 0.6 is 34.5 Å². The third-order valence-electron chi connectivity index (χ3n) is 3.86. The number of hydrogen-bond donors (Lipinski definition) is 0. The van der Waals surface area contributed by atoms with Crippen molar-refractivity contribution in [2.75, 3.05) is 14.2 Å². The summed E-state index contributed by atoms with van der Waals surface area (Å²) in [5, 5.41) is 0.745. The quantitative estimate of drug-likeness (QED) is 0.621. The topological polar surface area (TPSA) is 52.8 Å². The molecule has 26 heavy (non-hydrogen) atoms. The van der Waals surface area contributed by atoms with E-state index >= 15 is 0 Å². The number of ether oxygens (including phenoxy) is 2. The van der Waals surface area contributed by atoms with Gasteiger partial charge in [0.2, 0.25) is 0 Å². The molecule has 0 aliphatic heterocycles. The number of methoxy groups -OCH3 is 2. The van der Waals surface area contributed by atoms with Gasteiger partial charge in [-0.25, -0.2) is 0 Å². The van der Waals surface area contributed by atoms with Crippen LogP contribution in [-0.2, 0) is 6.54 Å². The van der Waals surface area contributed by atoms with Gasteiger partial charge in [0, 0.05) is 23.7 Å². The number of thiazole rings is 1. The molecular weight excluding hydrogens is 395 g/mol. The van der Waals surface area contributed by atoms with Crippen LogP contribution in [0.1, 0.15) is 17.3 Å². The van der Waals surface area contributed by atoms with Crippen molar-refractivity contribution in [2.45, 2.75) is 13.5 Å². The van der Waals surface area contributed by atoms with E-state index in [2.05, 4.69) is 4.99 Å². The fourth-order valence-corrected chi connectivity index (χ4v) is 4.19. The highest BCUT2D eigenvalue weighted by Gasteiger charge is 2.14. The lowest BCUT2D eigenvalue weighted by Gasteiger charge is -2.08. The van der Waals surface area contributed by atoms with Crippen LogP contribution in [0.15, 0.2) is 35.3 Å². The largest absolute Gasteiger partial charge is 0.493 e. The molecule has 1 aromatic heterocycles. The van der Waals surface area contributed by atoms with Gasteiger partial charge in [0.15, 0.2) is 16.3 Å². The molecule has 0 aliphatic carbocycles. The highest BCUT2D eigenvalue weighted by Crippen LogP contribution is 2.33. The minimum Gasteiger partial charge on any atom is -0.493 e. The first-order valence-electron chi connectivity index (χ1n) is 7.78. The van der Waals surface area contributed by atoms with Crippen LogP contribution in [0, 0.1) is 0 Å². The maximum absolute atomic E-state index is 12.6. The lowest BCUT2D eigenvalue weighted by atomic mass is 10.2. The molecule has 2 aromatic carbocycles. The molecule has 0 spiro atoms. The lowest BCUT2D eigenvalue weighted by Crippen LogP contribution is -2.16. The molecule has 0 atom stereocenters. The second-order valence-electron chi connectivity index (χ2n) is 5.34. The van der Waals surface area contributed by atoms with E-state index in [1.807, 2.05) is 23.6 Å². The van der Waals surface area contributed by atoms with E-state index in [0.29, 0.717) is 33.4 Å². The summed E-state index contributed by atoms with van der Waals surface area (Å²) < 4.78 is 13.6. The van der Waals surface area contributed by atoms with Gasteiger partial charge in [-0.15, -0.1) is 0 Å². The van der Waals surface area contributed by atoms with Crippen molar-refractivity contribution in [1.29, 1.82) is 0 Å². The van der Waals surface area contributed by atoms with Crippen molar-refractivity contribution in [1.82, 2.24) is 4.57 Å². The first-order valence-corrected chi connectivity index (χ1v) is 9.35. The molecule has 0 N–H and O–H groups in total. The monoisotopic (exact) mass is 410 g/mol. The number of carbonyl (C=O) groups excluding carboxylic acids is 1. The van der Waals surface area contributed by atoms with Crippen LogP contribution in [0.4, 0.5) is 0 Å². The lowest BCUT2D eigenvalue weighted by molar-refractivity contribution is 0.0998. The van der Waals surface area contributed by atoms with Crippen LogP contribution < -0.4 is 14.3 Å². The number of fused-ring (bicyclic) bond motifs is 1. The Balaban J connectivity index is 2.17. The first kappa shape index (κ1) is 18.8. The summed E-state index contributed by atoms with van der Waals surface area (Å²) in [4.78, 5) is 17.4. The minimum absolute atomic E-state index is 0.277. The number of hydrogen-bond acceptors (Lipinski definition) is 4. The van der Waals surface area contributed by atoms with Crippen molar-refractivity contribution in [2.24, 2.45) is 4.99 Å². The van der Waals surface area contributed by atoms with Crippen LogP contribution in [0.5, 0.6) is 11.5 Å². The van der Waals surface area contributed by atoms with Crippen molar-refractivity contribution in [3.8, 4) is 11.5 Å². The Morgan fingerprint density at radius 1 is 1.15 bits per heavy atom. The van der Waals surface area contributed by atoms with Gasteiger partial charge in [-0.1, -0.05) is 34.5 Å². The maximum atomic E-state index is 12.6. The van der Waals surface area contributed by atoms with E-state index in [9.17, 15) is 4.79 Å². The van der Waals surface area contributed by atoms with Gasteiger partial charge in [-0.2, -0.15) is 4.99 Å². The summed E-state index contributed by atoms with van der Waals surface area (Å²) in [5.74, 6) is 0.834. The summed E-state index contributed by atoms with van der Waals surface area (Å²) in [6.07, 6.45) is 0. The number of benzene rings is 2. The van der Waals surface area contributed by atoms with E-state index in [1.165, 1.54) is 17.4 Å². The molecule has 3 rings (SSSR count). The Morgan fingerprint density at radius 3 is 2.46 bits per heavy atom. The van der Waals surface area contributed by atoms with Crippen molar-refractivity contribution < 1.29 is 14.3 Å². The second kappa shape index (κ2) is 7.70. The molecule has 1 heterocycles. The standard InChI is InChI=1S/C18H16Cl2N2O3S/c1-4-22-13-8-14(24-2)15(25-3)9-16(13)26-18(22)21-17(23)11-6-5-10(19)7-12(11)20/h5-9H,4H2,1-3H3. The third kappa shape index (κ3) is 3.45. The fourth-order valence-electron chi connectivity index (χ4n) is 2.60. The Hall–Kier alpha value is -2.02. The molecule has 0 fully saturated rings. The zero-order chi connectivity index (χ0) is 18.8. The summed E-state index contributed by atoms with van der Waals surface area (Å²) >= 11 is 13.4. The molecule has 3 aromatic rings. The van der Waals surface area contributed by atoms with Gasteiger partial charge in [-0.3, -0.25) is 4.79 Å².